The lowest BCUT2D eigenvalue weighted by Crippen LogP contribution is -2.14. The Labute approximate surface area is 92.6 Å². The van der Waals surface area contributed by atoms with Crippen LogP contribution >= 0.6 is 22.6 Å². The van der Waals surface area contributed by atoms with Gasteiger partial charge < -0.3 is 4.74 Å². The molecule has 1 aromatic carbocycles. The predicted octanol–water partition coefficient (Wildman–Crippen LogP) is 3.36. The summed E-state index contributed by atoms with van der Waals surface area (Å²) in [7, 11) is 0. The fraction of sp³-hybridized carbons (Fsp3) is 0.455. The minimum atomic E-state index is -0.0928. The molecule has 70 valence electrons. The van der Waals surface area contributed by atoms with E-state index in [0.29, 0.717) is 0 Å². The molecule has 0 unspecified atom stereocenters. The highest BCUT2D eigenvalue weighted by Crippen LogP contribution is 2.38. The second kappa shape index (κ2) is 2.95. The first kappa shape index (κ1) is 9.46. The summed E-state index contributed by atoms with van der Waals surface area (Å²) in [6.07, 6.45) is 0. The van der Waals surface area contributed by atoms with Gasteiger partial charge in [0.05, 0.1) is 12.2 Å². The Bertz CT molecular complexity index is 355. The van der Waals surface area contributed by atoms with E-state index >= 15 is 0 Å². The standard InChI is InChI=1S/C11H13IO/c1-7-8-6-13-11(2,3)9(8)4-5-10(7)12/h4-5H,6H2,1-3H3. The van der Waals surface area contributed by atoms with Crippen molar-refractivity contribution in [3.05, 3.63) is 32.4 Å². The molecule has 1 aliphatic heterocycles. The third-order valence-electron chi connectivity index (χ3n) is 2.76. The predicted molar refractivity (Wildman–Crippen MR) is 61.7 cm³/mol. The lowest BCUT2D eigenvalue weighted by atomic mass is 9.94. The average Bonchev–Trinajstić information content (AvgIpc) is 2.35. The van der Waals surface area contributed by atoms with Gasteiger partial charge in [0.1, 0.15) is 0 Å². The summed E-state index contributed by atoms with van der Waals surface area (Å²) < 4.78 is 7.07. The van der Waals surface area contributed by atoms with Crippen LogP contribution in [0.2, 0.25) is 0 Å². The number of benzene rings is 1. The van der Waals surface area contributed by atoms with E-state index < -0.39 is 0 Å². The summed E-state index contributed by atoms with van der Waals surface area (Å²) in [6, 6.07) is 4.36. The molecule has 1 aromatic rings. The fourth-order valence-corrected chi connectivity index (χ4v) is 2.31. The zero-order valence-electron chi connectivity index (χ0n) is 8.15. The minimum Gasteiger partial charge on any atom is -0.366 e. The normalized spacial score (nSPS) is 18.8. The maximum atomic E-state index is 5.74. The molecule has 2 heteroatoms. The molecular weight excluding hydrogens is 275 g/mol. The third kappa shape index (κ3) is 1.40. The Morgan fingerprint density at radius 2 is 2.08 bits per heavy atom. The van der Waals surface area contributed by atoms with E-state index in [0.717, 1.165) is 6.61 Å². The van der Waals surface area contributed by atoms with Gasteiger partial charge in [0.25, 0.3) is 0 Å². The Hall–Kier alpha value is -0.0900. The zero-order chi connectivity index (χ0) is 9.64. The molecule has 1 nitrogen and oxygen atoms in total. The van der Waals surface area contributed by atoms with Crippen LogP contribution in [0.25, 0.3) is 0 Å². The summed E-state index contributed by atoms with van der Waals surface area (Å²) >= 11 is 2.37. The summed E-state index contributed by atoms with van der Waals surface area (Å²) in [5.74, 6) is 0. The fourth-order valence-electron chi connectivity index (χ4n) is 1.81. The molecule has 0 fully saturated rings. The Morgan fingerprint density at radius 3 is 2.77 bits per heavy atom. The van der Waals surface area contributed by atoms with Gasteiger partial charge in [0, 0.05) is 3.57 Å². The molecule has 0 atom stereocenters. The van der Waals surface area contributed by atoms with Crippen LogP contribution in [-0.2, 0) is 16.9 Å². The lowest BCUT2D eigenvalue weighted by molar-refractivity contribution is -0.00795. The molecule has 0 saturated heterocycles. The highest BCUT2D eigenvalue weighted by atomic mass is 127. The monoisotopic (exact) mass is 288 g/mol. The van der Waals surface area contributed by atoms with E-state index in [1.165, 1.54) is 20.3 Å². The lowest BCUT2D eigenvalue weighted by Gasteiger charge is -2.18. The molecule has 0 saturated carbocycles. The smallest absolute Gasteiger partial charge is 0.0883 e. The minimum absolute atomic E-state index is 0.0928. The van der Waals surface area contributed by atoms with E-state index in [9.17, 15) is 0 Å². The van der Waals surface area contributed by atoms with Crippen LogP contribution < -0.4 is 0 Å². The average molecular weight is 288 g/mol. The van der Waals surface area contributed by atoms with Crippen molar-refractivity contribution < 1.29 is 4.74 Å². The Morgan fingerprint density at radius 1 is 1.38 bits per heavy atom. The first-order valence-corrected chi connectivity index (χ1v) is 5.52. The van der Waals surface area contributed by atoms with Gasteiger partial charge in [-0.25, -0.2) is 0 Å². The molecule has 1 aliphatic rings. The topological polar surface area (TPSA) is 9.23 Å². The molecule has 0 amide bonds. The second-order valence-electron chi connectivity index (χ2n) is 4.00. The number of hydrogen-bond acceptors (Lipinski definition) is 1. The van der Waals surface area contributed by atoms with Crippen LogP contribution in [0, 0.1) is 10.5 Å². The van der Waals surface area contributed by atoms with Crippen LogP contribution in [0.15, 0.2) is 12.1 Å². The summed E-state index contributed by atoms with van der Waals surface area (Å²) in [4.78, 5) is 0. The van der Waals surface area contributed by atoms with Gasteiger partial charge in [-0.1, -0.05) is 6.07 Å². The Kier molecular flexibility index (Phi) is 2.15. The number of ether oxygens (including phenoxy) is 1. The van der Waals surface area contributed by atoms with Gasteiger partial charge in [-0.15, -0.1) is 0 Å². The van der Waals surface area contributed by atoms with Crippen LogP contribution in [0.1, 0.15) is 30.5 Å². The highest BCUT2D eigenvalue weighted by Gasteiger charge is 2.31. The molecule has 13 heavy (non-hydrogen) atoms. The summed E-state index contributed by atoms with van der Waals surface area (Å²) in [5, 5.41) is 0. The van der Waals surface area contributed by atoms with Crippen molar-refractivity contribution in [2.45, 2.75) is 33.0 Å². The number of rotatable bonds is 0. The quantitative estimate of drug-likeness (QED) is 0.665. The van der Waals surface area contributed by atoms with Crippen molar-refractivity contribution in [3.8, 4) is 0 Å². The molecule has 2 rings (SSSR count). The van der Waals surface area contributed by atoms with Crippen molar-refractivity contribution >= 4 is 22.6 Å². The van der Waals surface area contributed by atoms with Gasteiger partial charge in [-0.05, 0) is 66.1 Å². The molecule has 0 radical (unpaired) electrons. The van der Waals surface area contributed by atoms with E-state index in [4.69, 9.17) is 4.74 Å². The van der Waals surface area contributed by atoms with Gasteiger partial charge >= 0.3 is 0 Å². The van der Waals surface area contributed by atoms with Crippen molar-refractivity contribution in [1.82, 2.24) is 0 Å². The van der Waals surface area contributed by atoms with Crippen LogP contribution in [0.4, 0.5) is 0 Å². The third-order valence-corrected chi connectivity index (χ3v) is 3.93. The van der Waals surface area contributed by atoms with Crippen molar-refractivity contribution in [3.63, 3.8) is 0 Å². The summed E-state index contributed by atoms with van der Waals surface area (Å²) in [5.41, 5.74) is 4.02. The van der Waals surface area contributed by atoms with Crippen LogP contribution in [-0.4, -0.2) is 0 Å². The van der Waals surface area contributed by atoms with Gasteiger partial charge in [-0.2, -0.15) is 0 Å². The first-order chi connectivity index (χ1) is 6.02. The molecule has 0 aliphatic carbocycles. The maximum absolute atomic E-state index is 5.74. The van der Waals surface area contributed by atoms with E-state index in [1.807, 2.05) is 0 Å². The highest BCUT2D eigenvalue weighted by molar-refractivity contribution is 14.1. The van der Waals surface area contributed by atoms with Gasteiger partial charge in [0.2, 0.25) is 0 Å². The largest absolute Gasteiger partial charge is 0.366 e. The Balaban J connectivity index is 2.64. The molecule has 1 heterocycles. The van der Waals surface area contributed by atoms with E-state index in [1.54, 1.807) is 0 Å². The van der Waals surface area contributed by atoms with Crippen LogP contribution in [0.3, 0.4) is 0 Å². The number of halogens is 1. The molecule has 0 aromatic heterocycles. The van der Waals surface area contributed by atoms with Crippen molar-refractivity contribution in [2.24, 2.45) is 0 Å². The van der Waals surface area contributed by atoms with Crippen molar-refractivity contribution in [2.75, 3.05) is 0 Å². The molecule has 0 spiro atoms. The number of fused-ring (bicyclic) bond motifs is 1. The molecule has 0 N–H and O–H groups in total. The first-order valence-electron chi connectivity index (χ1n) is 4.45. The second-order valence-corrected chi connectivity index (χ2v) is 5.16. The number of hydrogen-bond donors (Lipinski definition) is 0. The molecule has 0 bridgehead atoms. The van der Waals surface area contributed by atoms with Crippen molar-refractivity contribution in [1.29, 1.82) is 0 Å². The van der Waals surface area contributed by atoms with Gasteiger partial charge in [-0.3, -0.25) is 0 Å². The summed E-state index contributed by atoms with van der Waals surface area (Å²) in [6.45, 7) is 7.20. The van der Waals surface area contributed by atoms with Crippen LogP contribution in [0.5, 0.6) is 0 Å². The van der Waals surface area contributed by atoms with Gasteiger partial charge in [0.15, 0.2) is 0 Å². The van der Waals surface area contributed by atoms with E-state index in [2.05, 4.69) is 55.5 Å². The maximum Gasteiger partial charge on any atom is 0.0883 e. The van der Waals surface area contributed by atoms with E-state index in [-0.39, 0.29) is 5.60 Å². The SMILES string of the molecule is Cc1c(I)ccc2c1COC2(C)C. The zero-order valence-corrected chi connectivity index (χ0v) is 10.3. The molecular formula is C11H13IO.